The summed E-state index contributed by atoms with van der Waals surface area (Å²) in [4.78, 5) is 10.8. The van der Waals surface area contributed by atoms with Crippen LogP contribution >= 0.6 is 0 Å². The SMILES string of the molecule is O=[N+]([O-])c1cc(CNC2CCNCC2)cc2c1OCCO2. The molecule has 21 heavy (non-hydrogen) atoms. The van der Waals surface area contributed by atoms with Crippen molar-refractivity contribution in [2.45, 2.75) is 25.4 Å². The number of rotatable bonds is 4. The number of fused-ring (bicyclic) bond motifs is 1. The van der Waals surface area contributed by atoms with E-state index < -0.39 is 4.92 Å². The lowest BCUT2D eigenvalue weighted by molar-refractivity contribution is -0.386. The van der Waals surface area contributed by atoms with Crippen LogP contribution < -0.4 is 20.1 Å². The molecule has 0 aliphatic carbocycles. The molecule has 2 aliphatic rings. The molecule has 2 N–H and O–H groups in total. The third-order valence-electron chi connectivity index (χ3n) is 3.81. The molecule has 0 saturated carbocycles. The quantitative estimate of drug-likeness (QED) is 0.641. The fraction of sp³-hybridized carbons (Fsp3) is 0.571. The molecule has 1 aromatic rings. The summed E-state index contributed by atoms with van der Waals surface area (Å²) in [6, 6.07) is 3.86. The van der Waals surface area contributed by atoms with E-state index in [1.165, 1.54) is 0 Å². The fourth-order valence-electron chi connectivity index (χ4n) is 2.72. The Kier molecular flexibility index (Phi) is 4.21. The molecule has 1 saturated heterocycles. The molecule has 0 aromatic heterocycles. The lowest BCUT2D eigenvalue weighted by Crippen LogP contribution is -2.39. The Hall–Kier alpha value is -1.86. The van der Waals surface area contributed by atoms with Gasteiger partial charge in [0.1, 0.15) is 13.2 Å². The smallest absolute Gasteiger partial charge is 0.315 e. The summed E-state index contributed by atoms with van der Waals surface area (Å²) in [6.45, 7) is 3.40. The van der Waals surface area contributed by atoms with Crippen molar-refractivity contribution in [2.75, 3.05) is 26.3 Å². The molecule has 7 nitrogen and oxygen atoms in total. The van der Waals surface area contributed by atoms with Crippen molar-refractivity contribution in [3.05, 3.63) is 27.8 Å². The van der Waals surface area contributed by atoms with Crippen molar-refractivity contribution in [1.29, 1.82) is 0 Å². The molecule has 1 fully saturated rings. The maximum Gasteiger partial charge on any atom is 0.315 e. The highest BCUT2D eigenvalue weighted by atomic mass is 16.6. The largest absolute Gasteiger partial charge is 0.486 e. The molecule has 0 bridgehead atoms. The van der Waals surface area contributed by atoms with Crippen LogP contribution in [0.4, 0.5) is 5.69 Å². The molecule has 0 unspecified atom stereocenters. The Balaban J connectivity index is 1.75. The van der Waals surface area contributed by atoms with Gasteiger partial charge in [0.05, 0.1) is 4.92 Å². The summed E-state index contributed by atoms with van der Waals surface area (Å²) in [5.41, 5.74) is 0.832. The summed E-state index contributed by atoms with van der Waals surface area (Å²) in [5, 5.41) is 17.9. The van der Waals surface area contributed by atoms with Crippen molar-refractivity contribution in [3.63, 3.8) is 0 Å². The van der Waals surface area contributed by atoms with Gasteiger partial charge in [0.15, 0.2) is 5.75 Å². The van der Waals surface area contributed by atoms with E-state index in [0.717, 1.165) is 31.5 Å². The number of hydrogen-bond donors (Lipinski definition) is 2. The second kappa shape index (κ2) is 6.28. The van der Waals surface area contributed by atoms with Gasteiger partial charge in [-0.1, -0.05) is 0 Å². The second-order valence-electron chi connectivity index (χ2n) is 5.30. The first-order chi connectivity index (χ1) is 10.2. The summed E-state index contributed by atoms with van der Waals surface area (Å²) >= 11 is 0. The average Bonchev–Trinajstić information content (AvgIpc) is 2.53. The van der Waals surface area contributed by atoms with Crippen LogP contribution in [-0.4, -0.2) is 37.3 Å². The predicted molar refractivity (Wildman–Crippen MR) is 76.8 cm³/mol. The maximum atomic E-state index is 11.2. The van der Waals surface area contributed by atoms with Crippen LogP contribution in [0, 0.1) is 10.1 Å². The van der Waals surface area contributed by atoms with Gasteiger partial charge in [-0.3, -0.25) is 10.1 Å². The van der Waals surface area contributed by atoms with E-state index >= 15 is 0 Å². The van der Waals surface area contributed by atoms with Crippen LogP contribution in [0.2, 0.25) is 0 Å². The van der Waals surface area contributed by atoms with Gasteiger partial charge in [0, 0.05) is 18.7 Å². The minimum absolute atomic E-state index is 0.0192. The average molecular weight is 293 g/mol. The molecule has 0 atom stereocenters. The van der Waals surface area contributed by atoms with E-state index in [1.807, 2.05) is 6.07 Å². The number of piperidine rings is 1. The van der Waals surface area contributed by atoms with Crippen molar-refractivity contribution < 1.29 is 14.4 Å². The van der Waals surface area contributed by atoms with Gasteiger partial charge in [-0.05, 0) is 37.6 Å². The molecule has 2 heterocycles. The molecule has 0 radical (unpaired) electrons. The molecular weight excluding hydrogens is 274 g/mol. The molecular formula is C14H19N3O4. The zero-order valence-corrected chi connectivity index (χ0v) is 11.8. The number of nitro benzene ring substituents is 1. The molecule has 114 valence electrons. The summed E-state index contributed by atoms with van der Waals surface area (Å²) in [5.74, 6) is 0.717. The Labute approximate surface area is 122 Å². The van der Waals surface area contributed by atoms with E-state index in [0.29, 0.717) is 31.5 Å². The van der Waals surface area contributed by atoms with Crippen LogP contribution in [0.15, 0.2) is 12.1 Å². The Bertz CT molecular complexity index is 529. The number of ether oxygens (including phenoxy) is 2. The van der Waals surface area contributed by atoms with Gasteiger partial charge >= 0.3 is 5.69 Å². The van der Waals surface area contributed by atoms with Crippen molar-refractivity contribution in [3.8, 4) is 11.5 Å². The summed E-state index contributed by atoms with van der Waals surface area (Å²) in [6.07, 6.45) is 2.15. The highest BCUT2D eigenvalue weighted by molar-refractivity contribution is 5.58. The molecule has 0 spiro atoms. The molecule has 2 aliphatic heterocycles. The van der Waals surface area contributed by atoms with Gasteiger partial charge in [-0.25, -0.2) is 0 Å². The first kappa shape index (κ1) is 14.1. The molecule has 1 aromatic carbocycles. The van der Waals surface area contributed by atoms with Crippen LogP contribution in [0.3, 0.4) is 0 Å². The maximum absolute atomic E-state index is 11.2. The normalized spacial score (nSPS) is 18.5. The van der Waals surface area contributed by atoms with E-state index in [4.69, 9.17) is 9.47 Å². The van der Waals surface area contributed by atoms with Crippen LogP contribution in [0.25, 0.3) is 0 Å². The zero-order valence-electron chi connectivity index (χ0n) is 11.8. The summed E-state index contributed by atoms with van der Waals surface area (Å²) in [7, 11) is 0. The van der Waals surface area contributed by atoms with Crippen molar-refractivity contribution in [1.82, 2.24) is 10.6 Å². The van der Waals surface area contributed by atoms with Crippen LogP contribution in [-0.2, 0) is 6.54 Å². The molecule has 7 heteroatoms. The minimum atomic E-state index is -0.415. The fourth-order valence-corrected chi connectivity index (χ4v) is 2.72. The van der Waals surface area contributed by atoms with Crippen molar-refractivity contribution >= 4 is 5.69 Å². The second-order valence-corrected chi connectivity index (χ2v) is 5.30. The number of nitro groups is 1. The summed E-state index contributed by atoms with van der Waals surface area (Å²) < 4.78 is 10.8. The zero-order chi connectivity index (χ0) is 14.7. The monoisotopic (exact) mass is 293 g/mol. The van der Waals surface area contributed by atoms with Crippen molar-refractivity contribution in [2.24, 2.45) is 0 Å². The Morgan fingerprint density at radius 2 is 2.05 bits per heavy atom. The standard InChI is InChI=1S/C14H19N3O4/c18-17(19)12-7-10(8-13-14(12)21-6-5-20-13)9-16-11-1-3-15-4-2-11/h7-8,11,15-16H,1-6,9H2. The highest BCUT2D eigenvalue weighted by Crippen LogP contribution is 2.40. The van der Waals surface area contributed by atoms with Gasteiger partial charge in [0.25, 0.3) is 0 Å². The first-order valence-electron chi connectivity index (χ1n) is 7.25. The minimum Gasteiger partial charge on any atom is -0.486 e. The van der Waals surface area contributed by atoms with Gasteiger partial charge in [-0.2, -0.15) is 0 Å². The Morgan fingerprint density at radius 1 is 1.29 bits per heavy atom. The lowest BCUT2D eigenvalue weighted by Gasteiger charge is -2.24. The topological polar surface area (TPSA) is 85.7 Å². The Morgan fingerprint density at radius 3 is 2.81 bits per heavy atom. The van der Waals surface area contributed by atoms with Crippen LogP contribution in [0.1, 0.15) is 18.4 Å². The van der Waals surface area contributed by atoms with Gasteiger partial charge < -0.3 is 20.1 Å². The van der Waals surface area contributed by atoms with E-state index in [2.05, 4.69) is 10.6 Å². The third-order valence-corrected chi connectivity index (χ3v) is 3.81. The highest BCUT2D eigenvalue weighted by Gasteiger charge is 2.25. The van der Waals surface area contributed by atoms with E-state index in [1.54, 1.807) is 6.07 Å². The van der Waals surface area contributed by atoms with E-state index in [-0.39, 0.29) is 11.4 Å². The molecule has 0 amide bonds. The van der Waals surface area contributed by atoms with Gasteiger partial charge in [-0.15, -0.1) is 0 Å². The van der Waals surface area contributed by atoms with Crippen LogP contribution in [0.5, 0.6) is 11.5 Å². The third kappa shape index (κ3) is 3.25. The van der Waals surface area contributed by atoms with E-state index in [9.17, 15) is 10.1 Å². The number of nitrogens with one attached hydrogen (secondary N) is 2. The predicted octanol–water partition coefficient (Wildman–Crippen LogP) is 1.21. The van der Waals surface area contributed by atoms with Gasteiger partial charge in [0.2, 0.25) is 5.75 Å². The lowest BCUT2D eigenvalue weighted by atomic mass is 10.1. The molecule has 3 rings (SSSR count). The number of nitrogens with zero attached hydrogens (tertiary/aromatic N) is 1. The first-order valence-corrected chi connectivity index (χ1v) is 7.25. The number of hydrogen-bond acceptors (Lipinski definition) is 6. The number of benzene rings is 1.